The van der Waals surface area contributed by atoms with Crippen molar-refractivity contribution in [2.45, 2.75) is 26.2 Å². The molecule has 9 heteroatoms. The third-order valence-electron chi connectivity index (χ3n) is 1.35. The second-order valence-electron chi connectivity index (χ2n) is 2.01. The van der Waals surface area contributed by atoms with Crippen molar-refractivity contribution in [3.8, 4) is 0 Å². The summed E-state index contributed by atoms with van der Waals surface area (Å²) in [5, 5.41) is 0. The standard InChI is InChI=1S/C4H4F8N/c5-1(6)13(2(7)8,3(9)10)4(11)12/h1-4H/q+1. The number of alkyl halides is 8. The van der Waals surface area contributed by atoms with Gasteiger partial charge in [-0.25, -0.2) is 0 Å². The second-order valence-corrected chi connectivity index (χ2v) is 2.01. The third kappa shape index (κ3) is 1.84. The average Bonchev–Trinajstić information content (AvgIpc) is 1.82. The average molecular weight is 218 g/mol. The largest absolute Gasteiger partial charge is 0.394 e. The summed E-state index contributed by atoms with van der Waals surface area (Å²) in [4.78, 5) is 0. The highest BCUT2D eigenvalue weighted by atomic mass is 19.3. The minimum absolute atomic E-state index is 4.11. The first-order valence-electron chi connectivity index (χ1n) is 2.78. The number of hydrogen-bond donors (Lipinski definition) is 0. The molecule has 0 unspecified atom stereocenters. The van der Waals surface area contributed by atoms with E-state index in [-0.39, 0.29) is 0 Å². The van der Waals surface area contributed by atoms with Crippen LogP contribution in [0.15, 0.2) is 0 Å². The minimum atomic E-state index is -4.54. The minimum Gasteiger partial charge on any atom is -0.151 e. The predicted molar refractivity (Wildman–Crippen MR) is 24.3 cm³/mol. The van der Waals surface area contributed by atoms with Crippen molar-refractivity contribution in [3.63, 3.8) is 0 Å². The summed E-state index contributed by atoms with van der Waals surface area (Å²) in [5.74, 6) is 0. The molecule has 1 nitrogen and oxygen atoms in total. The first-order valence-corrected chi connectivity index (χ1v) is 2.78. The summed E-state index contributed by atoms with van der Waals surface area (Å²) >= 11 is 0. The fraction of sp³-hybridized carbons (Fsp3) is 1.00. The molecule has 0 aliphatic carbocycles. The van der Waals surface area contributed by atoms with Crippen LogP contribution in [0.1, 0.15) is 0 Å². The van der Waals surface area contributed by atoms with Gasteiger partial charge in [0.1, 0.15) is 0 Å². The van der Waals surface area contributed by atoms with Crippen molar-refractivity contribution in [3.05, 3.63) is 0 Å². The van der Waals surface area contributed by atoms with E-state index in [2.05, 4.69) is 0 Å². The molecule has 0 N–H and O–H groups in total. The van der Waals surface area contributed by atoms with E-state index in [1.807, 2.05) is 0 Å². The Balaban J connectivity index is 5.06. The van der Waals surface area contributed by atoms with Gasteiger partial charge in [0, 0.05) is 0 Å². The lowest BCUT2D eigenvalue weighted by molar-refractivity contribution is -1.10. The number of rotatable bonds is 4. The second kappa shape index (κ2) is 4.07. The lowest BCUT2D eigenvalue weighted by Gasteiger charge is -2.32. The van der Waals surface area contributed by atoms with Crippen LogP contribution in [0.5, 0.6) is 0 Å². The zero-order chi connectivity index (χ0) is 10.8. The van der Waals surface area contributed by atoms with Crippen molar-refractivity contribution in [2.75, 3.05) is 0 Å². The zero-order valence-corrected chi connectivity index (χ0v) is 5.78. The molecule has 0 rings (SSSR count). The molecule has 0 atom stereocenters. The van der Waals surface area contributed by atoms with Gasteiger partial charge in [-0.2, -0.15) is 35.1 Å². The normalized spacial score (nSPS) is 13.8. The van der Waals surface area contributed by atoms with Crippen LogP contribution in [0.4, 0.5) is 35.1 Å². The van der Waals surface area contributed by atoms with E-state index < -0.39 is 30.7 Å². The van der Waals surface area contributed by atoms with Crippen molar-refractivity contribution in [1.29, 1.82) is 0 Å². The molecule has 0 fully saturated rings. The Hall–Kier alpha value is -0.600. The molecule has 0 saturated carbocycles. The van der Waals surface area contributed by atoms with Crippen LogP contribution < -0.4 is 0 Å². The predicted octanol–water partition coefficient (Wildman–Crippen LogP) is 2.69. The van der Waals surface area contributed by atoms with E-state index in [1.54, 1.807) is 0 Å². The summed E-state index contributed by atoms with van der Waals surface area (Å²) in [6.45, 7) is -18.2. The topological polar surface area (TPSA) is 0 Å². The van der Waals surface area contributed by atoms with Gasteiger partial charge in [-0.3, -0.25) is 0 Å². The Morgan fingerprint density at radius 3 is 0.615 bits per heavy atom. The first-order chi connectivity index (χ1) is 5.77. The molecule has 0 aliphatic rings. The zero-order valence-electron chi connectivity index (χ0n) is 5.78. The lowest BCUT2D eigenvalue weighted by atomic mass is 10.6. The van der Waals surface area contributed by atoms with Gasteiger partial charge in [-0.15, -0.1) is 0 Å². The maximum atomic E-state index is 11.6. The van der Waals surface area contributed by atoms with Gasteiger partial charge in [0.15, 0.2) is 0 Å². The molecule has 0 aromatic heterocycles. The van der Waals surface area contributed by atoms with Crippen molar-refractivity contribution < 1.29 is 39.6 Å². The fourth-order valence-electron chi connectivity index (χ4n) is 0.511. The highest BCUT2D eigenvalue weighted by Crippen LogP contribution is 2.34. The molecular weight excluding hydrogens is 214 g/mol. The van der Waals surface area contributed by atoms with Gasteiger partial charge in [-0.05, 0) is 0 Å². The van der Waals surface area contributed by atoms with Crippen LogP contribution in [0.25, 0.3) is 0 Å². The number of halogens is 8. The molecule has 0 heterocycles. The summed E-state index contributed by atoms with van der Waals surface area (Å²) in [5.41, 5.74) is 0. The molecule has 0 bridgehead atoms. The smallest absolute Gasteiger partial charge is 0.151 e. The van der Waals surface area contributed by atoms with E-state index in [4.69, 9.17) is 0 Å². The molecule has 0 aliphatic heterocycles. The van der Waals surface area contributed by atoms with Crippen LogP contribution in [0.2, 0.25) is 0 Å². The van der Waals surface area contributed by atoms with Gasteiger partial charge >= 0.3 is 26.2 Å². The van der Waals surface area contributed by atoms with Crippen molar-refractivity contribution >= 4 is 0 Å². The Morgan fingerprint density at radius 2 is 0.615 bits per heavy atom. The highest BCUT2D eigenvalue weighted by molar-refractivity contribution is 4.34. The fourth-order valence-corrected chi connectivity index (χ4v) is 0.511. The van der Waals surface area contributed by atoms with Gasteiger partial charge < -0.3 is 0 Å². The Labute approximate surface area is 67.1 Å². The van der Waals surface area contributed by atoms with Gasteiger partial charge in [0.25, 0.3) is 0 Å². The molecular formula is C4H4F8N+. The molecule has 13 heavy (non-hydrogen) atoms. The van der Waals surface area contributed by atoms with E-state index in [0.29, 0.717) is 0 Å². The molecule has 0 saturated heterocycles. The van der Waals surface area contributed by atoms with E-state index in [0.717, 1.165) is 0 Å². The Morgan fingerprint density at radius 1 is 0.462 bits per heavy atom. The van der Waals surface area contributed by atoms with Crippen LogP contribution in [0.3, 0.4) is 0 Å². The number of nitrogens with zero attached hydrogens (tertiary/aromatic N) is 1. The van der Waals surface area contributed by atoms with E-state index in [9.17, 15) is 35.1 Å². The quantitative estimate of drug-likeness (QED) is 0.386. The van der Waals surface area contributed by atoms with Crippen LogP contribution in [-0.4, -0.2) is 30.7 Å². The highest BCUT2D eigenvalue weighted by Gasteiger charge is 2.61. The Kier molecular flexibility index (Phi) is 3.88. The third-order valence-corrected chi connectivity index (χ3v) is 1.35. The van der Waals surface area contributed by atoms with Gasteiger partial charge in [0.05, 0.1) is 0 Å². The summed E-state index contributed by atoms with van der Waals surface area (Å²) in [6, 6.07) is 0. The molecule has 0 spiro atoms. The van der Waals surface area contributed by atoms with Crippen LogP contribution >= 0.6 is 0 Å². The molecule has 0 aromatic carbocycles. The molecule has 80 valence electrons. The molecule has 0 radical (unpaired) electrons. The number of quaternary nitrogens is 1. The maximum absolute atomic E-state index is 11.6. The maximum Gasteiger partial charge on any atom is 0.394 e. The van der Waals surface area contributed by atoms with Gasteiger partial charge in [-0.1, -0.05) is 4.48 Å². The Bertz CT molecular complexity index is 119. The van der Waals surface area contributed by atoms with Crippen molar-refractivity contribution in [2.24, 2.45) is 0 Å². The summed E-state index contributed by atoms with van der Waals surface area (Å²) in [6.07, 6.45) is 0. The summed E-state index contributed by atoms with van der Waals surface area (Å²) in [7, 11) is 0. The van der Waals surface area contributed by atoms with E-state index in [1.165, 1.54) is 0 Å². The van der Waals surface area contributed by atoms with Gasteiger partial charge in [0.2, 0.25) is 0 Å². The molecule has 0 aromatic rings. The SMILES string of the molecule is FC(F)[N+](C(F)F)(C(F)F)C(F)F. The number of hydrogen-bond acceptors (Lipinski definition) is 0. The van der Waals surface area contributed by atoms with E-state index >= 15 is 0 Å². The van der Waals surface area contributed by atoms with Crippen LogP contribution in [0, 0.1) is 0 Å². The van der Waals surface area contributed by atoms with Crippen molar-refractivity contribution in [1.82, 2.24) is 0 Å². The monoisotopic (exact) mass is 218 g/mol. The lowest BCUT2D eigenvalue weighted by Crippen LogP contribution is -2.62. The molecule has 0 amide bonds. The van der Waals surface area contributed by atoms with Crippen LogP contribution in [-0.2, 0) is 0 Å². The summed E-state index contributed by atoms with van der Waals surface area (Å²) < 4.78 is 89.0. The first kappa shape index (κ1) is 12.4.